The number of morpholine rings is 1. The van der Waals surface area contributed by atoms with Gasteiger partial charge < -0.3 is 15.4 Å². The van der Waals surface area contributed by atoms with Crippen molar-refractivity contribution in [3.05, 3.63) is 39.9 Å². The minimum Gasteiger partial charge on any atom is -0.379 e. The number of hydrogen-bond donors (Lipinski definition) is 2. The van der Waals surface area contributed by atoms with Crippen molar-refractivity contribution in [1.82, 2.24) is 15.5 Å². The molecule has 2 N–H and O–H groups in total. The third-order valence-electron chi connectivity index (χ3n) is 4.66. The lowest BCUT2D eigenvalue weighted by molar-refractivity contribution is -0.384. The third kappa shape index (κ3) is 7.88. The zero-order valence-corrected chi connectivity index (χ0v) is 19.3. The van der Waals surface area contributed by atoms with Crippen LogP contribution in [0, 0.1) is 10.1 Å². The van der Waals surface area contributed by atoms with Gasteiger partial charge in [-0.05, 0) is 25.8 Å². The highest BCUT2D eigenvalue weighted by Crippen LogP contribution is 2.15. The summed E-state index contributed by atoms with van der Waals surface area (Å²) in [6, 6.07) is 6.52. The predicted octanol–water partition coefficient (Wildman–Crippen LogP) is 2.77. The van der Waals surface area contributed by atoms with E-state index in [0.717, 1.165) is 57.3 Å². The zero-order valence-electron chi connectivity index (χ0n) is 16.9. The third-order valence-corrected chi connectivity index (χ3v) is 4.66. The number of hydrogen-bond acceptors (Lipinski definition) is 5. The van der Waals surface area contributed by atoms with Crippen LogP contribution in [0.25, 0.3) is 0 Å². The summed E-state index contributed by atoms with van der Waals surface area (Å²) >= 11 is 0. The summed E-state index contributed by atoms with van der Waals surface area (Å²) in [5.74, 6) is 0.761. The molecule has 0 saturated carbocycles. The lowest BCUT2D eigenvalue weighted by Gasteiger charge is -2.41. The van der Waals surface area contributed by atoms with Gasteiger partial charge in [0.15, 0.2) is 5.96 Å². The second-order valence-electron chi connectivity index (χ2n) is 7.28. The molecule has 0 aliphatic carbocycles. The number of nitro benzene ring substituents is 1. The molecule has 0 aromatic heterocycles. The molecule has 1 fully saturated rings. The average molecular weight is 505 g/mol. The minimum atomic E-state index is -0.392. The van der Waals surface area contributed by atoms with Crippen LogP contribution >= 0.6 is 24.0 Å². The van der Waals surface area contributed by atoms with Gasteiger partial charge >= 0.3 is 0 Å². The van der Waals surface area contributed by atoms with E-state index in [1.165, 1.54) is 12.1 Å². The molecule has 2 rings (SSSR count). The first kappa shape index (κ1) is 24.6. The Labute approximate surface area is 184 Å². The fourth-order valence-electron chi connectivity index (χ4n) is 2.89. The van der Waals surface area contributed by atoms with Gasteiger partial charge in [0.05, 0.1) is 24.7 Å². The molecule has 0 radical (unpaired) electrons. The van der Waals surface area contributed by atoms with Crippen molar-refractivity contribution in [1.29, 1.82) is 0 Å². The highest BCUT2D eigenvalue weighted by atomic mass is 127. The number of nitrogens with zero attached hydrogens (tertiary/aromatic N) is 3. The molecule has 0 unspecified atom stereocenters. The number of rotatable bonds is 8. The Morgan fingerprint density at radius 1 is 1.25 bits per heavy atom. The molecule has 0 spiro atoms. The van der Waals surface area contributed by atoms with Crippen molar-refractivity contribution in [3.63, 3.8) is 0 Å². The molecule has 1 aromatic rings. The first-order chi connectivity index (χ1) is 12.9. The fourth-order valence-corrected chi connectivity index (χ4v) is 2.89. The van der Waals surface area contributed by atoms with Crippen LogP contribution in [0.5, 0.6) is 0 Å². The highest BCUT2D eigenvalue weighted by Gasteiger charge is 2.28. The summed E-state index contributed by atoms with van der Waals surface area (Å²) in [5.41, 5.74) is 1.02. The molecule has 9 heteroatoms. The predicted molar refractivity (Wildman–Crippen MR) is 122 cm³/mol. The Hall–Kier alpha value is -1.46. The number of aliphatic imine (C=N–C) groups is 1. The van der Waals surface area contributed by atoms with Gasteiger partial charge in [0.2, 0.25) is 0 Å². The molecule has 0 amide bonds. The molecular weight excluding hydrogens is 473 g/mol. The highest BCUT2D eigenvalue weighted by molar-refractivity contribution is 14.0. The Balaban J connectivity index is 0.00000392. The van der Waals surface area contributed by atoms with Crippen LogP contribution in [-0.2, 0) is 11.3 Å². The summed E-state index contributed by atoms with van der Waals surface area (Å²) < 4.78 is 5.44. The van der Waals surface area contributed by atoms with Crippen molar-refractivity contribution in [2.24, 2.45) is 4.99 Å². The van der Waals surface area contributed by atoms with Crippen LogP contribution in [0.3, 0.4) is 0 Å². The van der Waals surface area contributed by atoms with Crippen LogP contribution in [0.4, 0.5) is 5.69 Å². The fraction of sp³-hybridized carbons (Fsp3) is 0.632. The normalized spacial score (nSPS) is 15.6. The topological polar surface area (TPSA) is 92.0 Å². The van der Waals surface area contributed by atoms with Crippen molar-refractivity contribution >= 4 is 35.6 Å². The number of ether oxygens (including phenoxy) is 1. The van der Waals surface area contributed by atoms with Gasteiger partial charge in [-0.15, -0.1) is 24.0 Å². The molecule has 1 heterocycles. The van der Waals surface area contributed by atoms with Gasteiger partial charge in [-0.3, -0.25) is 15.0 Å². The maximum Gasteiger partial charge on any atom is 0.269 e. The Morgan fingerprint density at radius 3 is 2.46 bits per heavy atom. The van der Waals surface area contributed by atoms with E-state index in [2.05, 4.69) is 41.3 Å². The van der Waals surface area contributed by atoms with Crippen LogP contribution in [0.15, 0.2) is 29.3 Å². The number of nitrogens with one attached hydrogen (secondary N) is 2. The summed E-state index contributed by atoms with van der Waals surface area (Å²) in [7, 11) is 0. The van der Waals surface area contributed by atoms with Crippen LogP contribution in [0.2, 0.25) is 0 Å². The monoisotopic (exact) mass is 505 g/mol. The molecule has 0 bridgehead atoms. The number of benzene rings is 1. The molecule has 158 valence electrons. The van der Waals surface area contributed by atoms with Gasteiger partial charge in [0, 0.05) is 43.9 Å². The largest absolute Gasteiger partial charge is 0.379 e. The Kier molecular flexibility index (Phi) is 10.7. The average Bonchev–Trinajstić information content (AvgIpc) is 2.68. The minimum absolute atomic E-state index is 0. The molecule has 1 saturated heterocycles. The quantitative estimate of drug-likeness (QED) is 0.186. The number of guanidine groups is 1. The van der Waals surface area contributed by atoms with Crippen LogP contribution in [-0.4, -0.2) is 60.7 Å². The van der Waals surface area contributed by atoms with Crippen LogP contribution < -0.4 is 10.6 Å². The summed E-state index contributed by atoms with van der Waals surface area (Å²) in [5, 5.41) is 17.5. The lowest BCUT2D eigenvalue weighted by atomic mass is 10.0. The van der Waals surface area contributed by atoms with E-state index in [1.54, 1.807) is 12.1 Å². The first-order valence-corrected chi connectivity index (χ1v) is 9.50. The standard InChI is InChI=1S/C19H31N5O3.HI/c1-4-9-20-18(21-14-16-5-7-17(8-6-16)24(25)26)22-15-19(2,3)23-10-12-27-13-11-23;/h5-8H,4,9-15H2,1-3H3,(H2,20,21,22);1H. The molecular formula is C19H32IN5O3. The molecule has 1 aromatic carbocycles. The summed E-state index contributed by atoms with van der Waals surface area (Å²) in [6.07, 6.45) is 1.01. The van der Waals surface area contributed by atoms with Crippen molar-refractivity contribution in [3.8, 4) is 0 Å². The number of non-ortho nitro benzene ring substituents is 1. The maximum atomic E-state index is 10.8. The summed E-state index contributed by atoms with van der Waals surface area (Å²) in [4.78, 5) is 17.4. The Bertz CT molecular complexity index is 631. The SMILES string of the molecule is CCCNC(=NCc1ccc([N+](=O)[O-])cc1)NCC(C)(C)N1CCOCC1.I. The van der Waals surface area contributed by atoms with Crippen molar-refractivity contribution in [2.75, 3.05) is 39.4 Å². The van der Waals surface area contributed by atoms with E-state index in [1.807, 2.05) is 0 Å². The van der Waals surface area contributed by atoms with E-state index in [-0.39, 0.29) is 35.2 Å². The number of nitro groups is 1. The van der Waals surface area contributed by atoms with E-state index in [4.69, 9.17) is 4.74 Å². The van der Waals surface area contributed by atoms with Crippen molar-refractivity contribution < 1.29 is 9.66 Å². The van der Waals surface area contributed by atoms with E-state index >= 15 is 0 Å². The molecule has 1 aliphatic heterocycles. The second-order valence-corrected chi connectivity index (χ2v) is 7.28. The molecule has 1 aliphatic rings. The Morgan fingerprint density at radius 2 is 1.89 bits per heavy atom. The maximum absolute atomic E-state index is 10.8. The molecule has 8 nitrogen and oxygen atoms in total. The number of halogens is 1. The smallest absolute Gasteiger partial charge is 0.269 e. The van der Waals surface area contributed by atoms with Crippen LogP contribution in [0.1, 0.15) is 32.8 Å². The zero-order chi connectivity index (χ0) is 19.7. The van der Waals surface area contributed by atoms with E-state index in [0.29, 0.717) is 6.54 Å². The van der Waals surface area contributed by atoms with E-state index in [9.17, 15) is 10.1 Å². The van der Waals surface area contributed by atoms with Gasteiger partial charge in [-0.2, -0.15) is 0 Å². The second kappa shape index (κ2) is 12.2. The van der Waals surface area contributed by atoms with Crippen molar-refractivity contribution in [2.45, 2.75) is 39.3 Å². The van der Waals surface area contributed by atoms with Gasteiger partial charge in [-0.25, -0.2) is 4.99 Å². The van der Waals surface area contributed by atoms with Gasteiger partial charge in [0.25, 0.3) is 5.69 Å². The molecule has 28 heavy (non-hydrogen) atoms. The molecule has 0 atom stereocenters. The lowest BCUT2D eigenvalue weighted by Crippen LogP contribution is -2.56. The van der Waals surface area contributed by atoms with Gasteiger partial charge in [0.1, 0.15) is 0 Å². The first-order valence-electron chi connectivity index (χ1n) is 9.50. The van der Waals surface area contributed by atoms with Gasteiger partial charge in [-0.1, -0.05) is 19.1 Å². The van der Waals surface area contributed by atoms with E-state index < -0.39 is 4.92 Å². The summed E-state index contributed by atoms with van der Waals surface area (Å²) in [6.45, 7) is 12.1.